The first-order chi connectivity index (χ1) is 14.5. The van der Waals surface area contributed by atoms with Gasteiger partial charge in [-0.3, -0.25) is 9.48 Å². The number of aromatic nitrogens is 6. The minimum Gasteiger partial charge on any atom is -0.463 e. The Bertz CT molecular complexity index is 1050. The van der Waals surface area contributed by atoms with E-state index in [1.54, 1.807) is 4.90 Å². The van der Waals surface area contributed by atoms with Crippen molar-refractivity contribution in [2.24, 2.45) is 7.05 Å². The number of carbonyl (C=O) groups is 1. The second-order valence-electron chi connectivity index (χ2n) is 7.26. The number of hydrogen-bond acceptors (Lipinski definition) is 7. The molecule has 0 saturated carbocycles. The number of imidazole rings is 1. The van der Waals surface area contributed by atoms with Gasteiger partial charge in [-0.2, -0.15) is 10.1 Å². The van der Waals surface area contributed by atoms with Crippen LogP contribution in [-0.2, 0) is 23.1 Å². The molecule has 0 N–H and O–H groups in total. The van der Waals surface area contributed by atoms with Gasteiger partial charge >= 0.3 is 0 Å². The predicted molar refractivity (Wildman–Crippen MR) is 110 cm³/mol. The van der Waals surface area contributed by atoms with E-state index in [9.17, 15) is 4.79 Å². The minimum absolute atomic E-state index is 0.0521. The summed E-state index contributed by atoms with van der Waals surface area (Å²) in [6, 6.07) is 0. The van der Waals surface area contributed by atoms with Gasteiger partial charge in [0.15, 0.2) is 17.3 Å². The Hall–Kier alpha value is -3.01. The molecule has 10 nitrogen and oxygen atoms in total. The number of ether oxygens (including phenoxy) is 2. The molecule has 0 radical (unpaired) electrons. The minimum atomic E-state index is -0.628. The standard InChI is InChI=1S/C20H27N7O3/c1-5-15(20(28)26-7-9-29-10-8-26)30-19-16-18(21-12-22-19)25(4)17(24-16)14-11-23-27(6-2)13(14)3/h11-12,15H,5-10H2,1-4H3/t15-/m0/s1. The Morgan fingerprint density at radius 1 is 1.27 bits per heavy atom. The van der Waals surface area contributed by atoms with Crippen molar-refractivity contribution in [3.05, 3.63) is 18.2 Å². The van der Waals surface area contributed by atoms with Gasteiger partial charge in [0.2, 0.25) is 5.88 Å². The highest BCUT2D eigenvalue weighted by atomic mass is 16.5. The number of nitrogens with zero attached hydrogens (tertiary/aromatic N) is 7. The number of fused-ring (bicyclic) bond motifs is 1. The van der Waals surface area contributed by atoms with E-state index in [1.807, 2.05) is 43.3 Å². The van der Waals surface area contributed by atoms with Crippen molar-refractivity contribution in [2.45, 2.75) is 39.8 Å². The van der Waals surface area contributed by atoms with Gasteiger partial charge in [0.25, 0.3) is 5.91 Å². The topological polar surface area (TPSA) is 100 Å². The van der Waals surface area contributed by atoms with E-state index >= 15 is 0 Å². The molecule has 4 rings (SSSR count). The molecule has 1 atom stereocenters. The third-order valence-corrected chi connectivity index (χ3v) is 5.49. The van der Waals surface area contributed by atoms with Crippen LogP contribution >= 0.6 is 0 Å². The molecule has 30 heavy (non-hydrogen) atoms. The van der Waals surface area contributed by atoms with Gasteiger partial charge in [-0.15, -0.1) is 0 Å². The molecule has 1 fully saturated rings. The molecular formula is C20H27N7O3. The van der Waals surface area contributed by atoms with E-state index in [2.05, 4.69) is 15.1 Å². The molecule has 3 aromatic rings. The summed E-state index contributed by atoms with van der Waals surface area (Å²) in [5.41, 5.74) is 3.14. The molecule has 4 heterocycles. The highest BCUT2D eigenvalue weighted by Gasteiger charge is 2.28. The molecule has 0 spiro atoms. The predicted octanol–water partition coefficient (Wildman–Crippen LogP) is 1.57. The van der Waals surface area contributed by atoms with Gasteiger partial charge in [0.1, 0.15) is 12.2 Å². The van der Waals surface area contributed by atoms with Crippen molar-refractivity contribution in [3.63, 3.8) is 0 Å². The Balaban J connectivity index is 1.67. The molecule has 1 saturated heterocycles. The number of carbonyl (C=O) groups excluding carboxylic acids is 1. The van der Waals surface area contributed by atoms with Crippen molar-refractivity contribution < 1.29 is 14.3 Å². The maximum atomic E-state index is 12.9. The van der Waals surface area contributed by atoms with Crippen molar-refractivity contribution >= 4 is 17.1 Å². The summed E-state index contributed by atoms with van der Waals surface area (Å²) in [7, 11) is 1.90. The Morgan fingerprint density at radius 2 is 2.03 bits per heavy atom. The van der Waals surface area contributed by atoms with Gasteiger partial charge in [0.05, 0.1) is 25.0 Å². The third kappa shape index (κ3) is 3.51. The summed E-state index contributed by atoms with van der Waals surface area (Å²) >= 11 is 0. The average molecular weight is 413 g/mol. The van der Waals surface area contributed by atoms with Crippen molar-refractivity contribution in [1.29, 1.82) is 0 Å². The fourth-order valence-corrected chi connectivity index (χ4v) is 3.72. The summed E-state index contributed by atoms with van der Waals surface area (Å²) < 4.78 is 15.2. The van der Waals surface area contributed by atoms with Crippen LogP contribution in [0, 0.1) is 6.92 Å². The van der Waals surface area contributed by atoms with Gasteiger partial charge in [-0.05, 0) is 20.3 Å². The second kappa shape index (κ2) is 8.39. The van der Waals surface area contributed by atoms with Crippen LogP contribution in [0.25, 0.3) is 22.6 Å². The van der Waals surface area contributed by atoms with Crippen LogP contribution in [0.5, 0.6) is 5.88 Å². The summed E-state index contributed by atoms with van der Waals surface area (Å²) in [6.07, 6.45) is 3.16. The fraction of sp³-hybridized carbons (Fsp3) is 0.550. The van der Waals surface area contributed by atoms with E-state index < -0.39 is 6.10 Å². The van der Waals surface area contributed by atoms with E-state index in [0.29, 0.717) is 49.8 Å². The first-order valence-electron chi connectivity index (χ1n) is 10.3. The maximum absolute atomic E-state index is 12.9. The highest BCUT2D eigenvalue weighted by Crippen LogP contribution is 2.29. The SMILES string of the molecule is CC[C@H](Oc1ncnc2c1nc(-c1cnn(CC)c1C)n2C)C(=O)N1CCOCC1. The molecule has 0 aliphatic carbocycles. The van der Waals surface area contributed by atoms with E-state index in [4.69, 9.17) is 14.5 Å². The van der Waals surface area contributed by atoms with Crippen molar-refractivity contribution in [2.75, 3.05) is 26.3 Å². The first-order valence-corrected chi connectivity index (χ1v) is 10.3. The van der Waals surface area contributed by atoms with Crippen LogP contribution in [0.15, 0.2) is 12.5 Å². The number of amides is 1. The molecule has 10 heteroatoms. The maximum Gasteiger partial charge on any atom is 0.263 e. The lowest BCUT2D eigenvalue weighted by Crippen LogP contribution is -2.47. The molecule has 160 valence electrons. The number of hydrogen-bond donors (Lipinski definition) is 0. The summed E-state index contributed by atoms with van der Waals surface area (Å²) in [5, 5.41) is 4.42. The summed E-state index contributed by atoms with van der Waals surface area (Å²) in [6.45, 7) is 9.02. The largest absolute Gasteiger partial charge is 0.463 e. The first kappa shape index (κ1) is 20.3. The molecular weight excluding hydrogens is 386 g/mol. The fourth-order valence-electron chi connectivity index (χ4n) is 3.72. The molecule has 3 aromatic heterocycles. The van der Waals surface area contributed by atoms with Crippen LogP contribution in [0.1, 0.15) is 26.0 Å². The smallest absolute Gasteiger partial charge is 0.263 e. The lowest BCUT2D eigenvalue weighted by molar-refractivity contribution is -0.143. The quantitative estimate of drug-likeness (QED) is 0.605. The van der Waals surface area contributed by atoms with Crippen LogP contribution in [-0.4, -0.2) is 72.5 Å². The lowest BCUT2D eigenvalue weighted by atomic mass is 10.2. The molecule has 0 bridgehead atoms. The number of rotatable bonds is 6. The van der Waals surface area contributed by atoms with E-state index in [1.165, 1.54) is 6.33 Å². The highest BCUT2D eigenvalue weighted by molar-refractivity contribution is 5.84. The van der Waals surface area contributed by atoms with Gasteiger partial charge < -0.3 is 18.9 Å². The van der Waals surface area contributed by atoms with E-state index in [-0.39, 0.29) is 5.91 Å². The zero-order chi connectivity index (χ0) is 21.3. The zero-order valence-corrected chi connectivity index (χ0v) is 17.8. The van der Waals surface area contributed by atoms with Crippen LogP contribution in [0.2, 0.25) is 0 Å². The average Bonchev–Trinajstić information content (AvgIpc) is 3.31. The molecule has 0 aromatic carbocycles. The van der Waals surface area contributed by atoms with Gasteiger partial charge in [-0.1, -0.05) is 6.92 Å². The molecule has 1 aliphatic heterocycles. The Kier molecular flexibility index (Phi) is 5.67. The van der Waals surface area contributed by atoms with Crippen molar-refractivity contribution in [1.82, 2.24) is 34.2 Å². The van der Waals surface area contributed by atoms with Crippen LogP contribution in [0.4, 0.5) is 0 Å². The zero-order valence-electron chi connectivity index (χ0n) is 17.8. The second-order valence-corrected chi connectivity index (χ2v) is 7.26. The normalized spacial score (nSPS) is 15.5. The van der Waals surface area contributed by atoms with Gasteiger partial charge in [0, 0.05) is 32.4 Å². The number of morpholine rings is 1. The number of aryl methyl sites for hydroxylation is 2. The summed E-state index contributed by atoms with van der Waals surface area (Å²) in [5.74, 6) is 1.000. The Labute approximate surface area is 174 Å². The van der Waals surface area contributed by atoms with Crippen LogP contribution in [0.3, 0.4) is 0 Å². The third-order valence-electron chi connectivity index (χ3n) is 5.49. The summed E-state index contributed by atoms with van der Waals surface area (Å²) in [4.78, 5) is 28.1. The van der Waals surface area contributed by atoms with Crippen molar-refractivity contribution in [3.8, 4) is 17.3 Å². The molecule has 0 unspecified atom stereocenters. The van der Waals surface area contributed by atoms with E-state index in [0.717, 1.165) is 23.6 Å². The van der Waals surface area contributed by atoms with Gasteiger partial charge in [-0.25, -0.2) is 9.97 Å². The molecule has 1 aliphatic rings. The molecule has 1 amide bonds. The van der Waals surface area contributed by atoms with Crippen LogP contribution < -0.4 is 4.74 Å². The lowest BCUT2D eigenvalue weighted by Gasteiger charge is -2.29. The Morgan fingerprint density at radius 3 is 2.70 bits per heavy atom. The monoisotopic (exact) mass is 413 g/mol.